The van der Waals surface area contributed by atoms with Crippen molar-refractivity contribution >= 4 is 22.0 Å². The molecule has 0 aliphatic heterocycles. The van der Waals surface area contributed by atoms with Crippen LogP contribution in [0.15, 0.2) is 47.6 Å². The molecule has 1 aromatic carbocycles. The number of methoxy groups -OCH3 is 1. The van der Waals surface area contributed by atoms with Crippen LogP contribution in [0, 0.1) is 0 Å². The molecule has 140 valence electrons. The fraction of sp³-hybridized carbons (Fsp3) is 0.188. The number of carbonyl (C=O) groups excluding carboxylic acids is 2. The fourth-order valence-corrected chi connectivity index (χ4v) is 3.62. The zero-order valence-electron chi connectivity index (χ0n) is 13.2. The van der Waals surface area contributed by atoms with E-state index in [0.29, 0.717) is 17.8 Å². The summed E-state index contributed by atoms with van der Waals surface area (Å²) in [5.74, 6) is -1.68. The van der Waals surface area contributed by atoms with Crippen LogP contribution in [0.5, 0.6) is 0 Å². The Morgan fingerprint density at radius 1 is 1.12 bits per heavy atom. The summed E-state index contributed by atoms with van der Waals surface area (Å²) in [6.07, 6.45) is 0.319. The smallest absolute Gasteiger partial charge is 0.325 e. The number of Topliss-reactive ketones (excluding diaryl/α,β-unsaturated/α-hetero) is 1. The van der Waals surface area contributed by atoms with Crippen LogP contribution in [0.25, 0.3) is 0 Å². The molecular weight excluding hydrogens is 381 g/mol. The van der Waals surface area contributed by atoms with E-state index >= 15 is 0 Å². The van der Waals surface area contributed by atoms with Crippen molar-refractivity contribution in [1.29, 1.82) is 0 Å². The highest BCUT2D eigenvalue weighted by molar-refractivity contribution is 8.45. The minimum Gasteiger partial charge on any atom is -0.468 e. The molecule has 10 heteroatoms. The predicted octanol–water partition coefficient (Wildman–Crippen LogP) is 4.59. The zero-order valence-corrected chi connectivity index (χ0v) is 14.0. The second-order valence-corrected chi connectivity index (χ2v) is 8.27. The van der Waals surface area contributed by atoms with E-state index in [1.165, 1.54) is 6.07 Å². The van der Waals surface area contributed by atoms with E-state index < -0.39 is 32.4 Å². The summed E-state index contributed by atoms with van der Waals surface area (Å²) in [7, 11) is -8.94. The van der Waals surface area contributed by atoms with Crippen molar-refractivity contribution in [2.24, 2.45) is 0 Å². The Kier molecular flexibility index (Phi) is 3.39. The topological polar surface area (TPSA) is 56.3 Å². The number of carbonyl (C=O) groups is 2. The maximum atomic E-state index is 12.8. The van der Waals surface area contributed by atoms with Gasteiger partial charge >= 0.3 is 16.2 Å². The number of hydrogen-bond acceptors (Lipinski definition) is 4. The molecule has 1 aliphatic rings. The molecule has 0 radical (unpaired) electrons. The number of nitrogens with zero attached hydrogens (tertiary/aromatic N) is 1. The van der Waals surface area contributed by atoms with Crippen molar-refractivity contribution in [3.63, 3.8) is 0 Å². The normalized spacial score (nSPS) is 22.3. The van der Waals surface area contributed by atoms with Crippen molar-refractivity contribution in [3.05, 3.63) is 59.3 Å². The van der Waals surface area contributed by atoms with Crippen LogP contribution in [0.4, 0.5) is 19.4 Å². The van der Waals surface area contributed by atoms with Gasteiger partial charge in [0.1, 0.15) is 0 Å². The molecule has 0 saturated heterocycles. The lowest BCUT2D eigenvalue weighted by atomic mass is 9.77. The second-order valence-electron chi connectivity index (χ2n) is 5.91. The van der Waals surface area contributed by atoms with Gasteiger partial charge in [-0.3, -0.25) is 9.59 Å². The van der Waals surface area contributed by atoms with E-state index in [2.05, 4.69) is 9.72 Å². The van der Waals surface area contributed by atoms with Crippen molar-refractivity contribution in [2.75, 3.05) is 7.11 Å². The molecule has 0 amide bonds. The van der Waals surface area contributed by atoms with Gasteiger partial charge in [0.15, 0.2) is 16.2 Å². The Morgan fingerprint density at radius 3 is 2.27 bits per heavy atom. The van der Waals surface area contributed by atoms with Crippen LogP contribution in [-0.4, -0.2) is 23.8 Å². The summed E-state index contributed by atoms with van der Waals surface area (Å²) in [5.41, 5.74) is -1.48. The first-order valence-electron chi connectivity index (χ1n) is 7.21. The van der Waals surface area contributed by atoms with Crippen molar-refractivity contribution in [1.82, 2.24) is 4.98 Å². The number of ether oxygens (including phenoxy) is 1. The minimum atomic E-state index is -9.96. The van der Waals surface area contributed by atoms with E-state index in [9.17, 15) is 29.0 Å². The monoisotopic (exact) mass is 393 g/mol. The van der Waals surface area contributed by atoms with E-state index in [-0.39, 0.29) is 23.6 Å². The van der Waals surface area contributed by atoms with Gasteiger partial charge in [-0.1, -0.05) is 49.8 Å². The van der Waals surface area contributed by atoms with E-state index in [1.54, 1.807) is 18.2 Å². The molecule has 3 rings (SSSR count). The van der Waals surface area contributed by atoms with Gasteiger partial charge < -0.3 is 4.74 Å². The van der Waals surface area contributed by atoms with E-state index in [4.69, 9.17) is 0 Å². The van der Waals surface area contributed by atoms with Crippen molar-refractivity contribution in [3.8, 4) is 0 Å². The Hall–Kier alpha value is -2.49. The molecule has 0 bridgehead atoms. The number of benzene rings is 1. The summed E-state index contributed by atoms with van der Waals surface area (Å²) in [6.45, 7) is 0. The molecule has 2 aromatic rings. The minimum absolute atomic E-state index is 0.0812. The molecule has 0 saturated carbocycles. The number of fused-ring (bicyclic) bond motifs is 1. The van der Waals surface area contributed by atoms with Gasteiger partial charge in [-0.25, -0.2) is 4.98 Å². The third kappa shape index (κ3) is 2.74. The summed E-state index contributed by atoms with van der Waals surface area (Å²) in [6, 6.07) is 7.01. The number of pyridine rings is 1. The standard InChI is InChI=1S/C16H12F5NO3S/c1-25-15(24)16(8-10-4-2-3-5-12(10)14(16)23)11-6-7-13(22-9-11)26(17,18,19,20)21/h2-7,9H,8H2,1H3. The van der Waals surface area contributed by atoms with Crippen LogP contribution in [0.1, 0.15) is 21.5 Å². The number of hydrogen-bond donors (Lipinski definition) is 0. The summed E-state index contributed by atoms with van der Waals surface area (Å²) >= 11 is 0. The number of halogens is 5. The first kappa shape index (κ1) is 18.3. The Morgan fingerprint density at radius 2 is 1.77 bits per heavy atom. The first-order chi connectivity index (χ1) is 11.8. The Bertz CT molecular complexity index is 928. The maximum Gasteiger partial charge on any atom is 0.325 e. The van der Waals surface area contributed by atoms with Gasteiger partial charge in [0, 0.05) is 18.2 Å². The molecule has 0 fully saturated rings. The maximum absolute atomic E-state index is 12.8. The van der Waals surface area contributed by atoms with Crippen LogP contribution in [0.3, 0.4) is 0 Å². The Labute approximate surface area is 144 Å². The molecule has 26 heavy (non-hydrogen) atoms. The summed E-state index contributed by atoms with van der Waals surface area (Å²) in [5, 5.41) is -2.34. The molecule has 1 aliphatic carbocycles. The van der Waals surface area contributed by atoms with E-state index in [0.717, 1.165) is 7.11 Å². The SMILES string of the molecule is COC(=O)C1(c2ccc(S(F)(F)(F)(F)F)nc2)Cc2ccccc2C1=O. The molecule has 0 N–H and O–H groups in total. The van der Waals surface area contributed by atoms with Gasteiger partial charge in [-0.2, -0.15) is 0 Å². The third-order valence-electron chi connectivity index (χ3n) is 4.26. The summed E-state index contributed by atoms with van der Waals surface area (Å²) < 4.78 is 68.9. The van der Waals surface area contributed by atoms with Crippen LogP contribution in [0.2, 0.25) is 0 Å². The zero-order chi connectivity index (χ0) is 19.4. The van der Waals surface area contributed by atoms with Crippen LogP contribution in [-0.2, 0) is 21.4 Å². The van der Waals surface area contributed by atoms with Crippen molar-refractivity contribution in [2.45, 2.75) is 16.9 Å². The number of esters is 1. The van der Waals surface area contributed by atoms with E-state index in [1.807, 2.05) is 0 Å². The van der Waals surface area contributed by atoms with Crippen molar-refractivity contribution < 1.29 is 33.8 Å². The third-order valence-corrected chi connectivity index (χ3v) is 5.30. The molecule has 1 unspecified atom stereocenters. The molecule has 4 nitrogen and oxygen atoms in total. The highest BCUT2D eigenvalue weighted by Crippen LogP contribution is 3.01. The van der Waals surface area contributed by atoms with Gasteiger partial charge in [0.05, 0.1) is 7.11 Å². The fourth-order valence-electron chi connectivity index (χ4n) is 3.04. The quantitative estimate of drug-likeness (QED) is 0.435. The number of ketones is 1. The molecular formula is C16H12F5NO3S. The second kappa shape index (κ2) is 4.81. The highest BCUT2D eigenvalue weighted by Gasteiger charge is 2.67. The van der Waals surface area contributed by atoms with Gasteiger partial charge in [0.25, 0.3) is 0 Å². The molecule has 1 atom stereocenters. The average molecular weight is 393 g/mol. The lowest BCUT2D eigenvalue weighted by Gasteiger charge is -2.39. The first-order valence-corrected chi connectivity index (χ1v) is 9.16. The summed E-state index contributed by atoms with van der Waals surface area (Å²) in [4.78, 5) is 28.0. The Balaban J connectivity index is 2.16. The number of rotatable bonds is 3. The lowest BCUT2D eigenvalue weighted by molar-refractivity contribution is -0.145. The molecule has 1 aromatic heterocycles. The van der Waals surface area contributed by atoms with Gasteiger partial charge in [-0.05, 0) is 17.2 Å². The number of aromatic nitrogens is 1. The lowest BCUT2D eigenvalue weighted by Crippen LogP contribution is -2.43. The molecule has 1 heterocycles. The average Bonchev–Trinajstić information content (AvgIpc) is 2.86. The largest absolute Gasteiger partial charge is 0.468 e. The van der Waals surface area contributed by atoms with Gasteiger partial charge in [0.2, 0.25) is 0 Å². The molecule has 0 spiro atoms. The van der Waals surface area contributed by atoms with Crippen LogP contribution < -0.4 is 0 Å². The highest BCUT2D eigenvalue weighted by atomic mass is 32.5. The van der Waals surface area contributed by atoms with Crippen LogP contribution >= 0.6 is 10.2 Å². The predicted molar refractivity (Wildman–Crippen MR) is 83.8 cm³/mol. The van der Waals surface area contributed by atoms with Gasteiger partial charge in [-0.15, -0.1) is 0 Å².